The van der Waals surface area contributed by atoms with Crippen molar-refractivity contribution < 1.29 is 0 Å². The van der Waals surface area contributed by atoms with Gasteiger partial charge in [0.1, 0.15) is 0 Å². The van der Waals surface area contributed by atoms with Gasteiger partial charge in [-0.2, -0.15) is 25.3 Å². The van der Waals surface area contributed by atoms with Crippen LogP contribution in [0.3, 0.4) is 0 Å². The molecule has 0 heterocycles. The van der Waals surface area contributed by atoms with E-state index in [1.165, 1.54) is 5.57 Å². The summed E-state index contributed by atoms with van der Waals surface area (Å²) in [6.07, 6.45) is 4.56. The van der Waals surface area contributed by atoms with Gasteiger partial charge in [0, 0.05) is 17.8 Å². The van der Waals surface area contributed by atoms with Gasteiger partial charge in [-0.25, -0.2) is 0 Å². The van der Waals surface area contributed by atoms with Crippen molar-refractivity contribution in [1.82, 2.24) is 0 Å². The summed E-state index contributed by atoms with van der Waals surface area (Å²) >= 11 is 8.90. The Morgan fingerprint density at radius 2 is 1.62 bits per heavy atom. The van der Waals surface area contributed by atoms with Crippen LogP contribution < -0.4 is 11.5 Å². The van der Waals surface area contributed by atoms with Crippen LogP contribution in [0.1, 0.15) is 12.0 Å². The highest BCUT2D eigenvalue weighted by atomic mass is 32.2. The summed E-state index contributed by atoms with van der Waals surface area (Å²) in [6.45, 7) is 0. The second-order valence-corrected chi connectivity index (χ2v) is 5.81. The van der Waals surface area contributed by atoms with Crippen molar-refractivity contribution in [2.75, 3.05) is 5.73 Å². The number of hydrogen-bond acceptors (Lipinski definition) is 4. The van der Waals surface area contributed by atoms with Crippen LogP contribution in [0.2, 0.25) is 0 Å². The fraction of sp³-hybridized carbons (Fsp3) is 0.167. The Morgan fingerprint density at radius 1 is 1.00 bits per heavy atom. The summed E-state index contributed by atoms with van der Waals surface area (Å²) in [6, 6.07) is 7.76. The van der Waals surface area contributed by atoms with Gasteiger partial charge in [0.15, 0.2) is 0 Å². The van der Waals surface area contributed by atoms with Crippen molar-refractivity contribution in [3.63, 3.8) is 0 Å². The van der Waals surface area contributed by atoms with Crippen LogP contribution in [0, 0.1) is 0 Å². The van der Waals surface area contributed by atoms with Crippen molar-refractivity contribution in [3.8, 4) is 0 Å². The molecule has 84 valence electrons. The number of nitrogens with two attached hydrogens (primary N) is 2. The van der Waals surface area contributed by atoms with E-state index in [9.17, 15) is 0 Å². The number of hydrogen-bond donors (Lipinski definition) is 4. The molecule has 2 rings (SSSR count). The Morgan fingerprint density at radius 3 is 2.19 bits per heavy atom. The monoisotopic (exact) mass is 250 g/mol. The number of rotatable bonds is 1. The molecule has 2 nitrogen and oxygen atoms in total. The van der Waals surface area contributed by atoms with Crippen LogP contribution in [-0.4, -0.2) is 4.08 Å². The van der Waals surface area contributed by atoms with Crippen LogP contribution in [0.4, 0.5) is 5.69 Å². The molecule has 0 atom stereocenters. The molecular weight excluding hydrogens is 236 g/mol. The smallest absolute Gasteiger partial charge is 0.0986 e. The first-order chi connectivity index (χ1) is 7.49. The molecule has 4 N–H and O–H groups in total. The quantitative estimate of drug-likeness (QED) is 0.351. The van der Waals surface area contributed by atoms with Crippen LogP contribution in [0.25, 0.3) is 5.57 Å². The van der Waals surface area contributed by atoms with E-state index < -0.39 is 4.08 Å². The zero-order chi connectivity index (χ0) is 11.8. The highest BCUT2D eigenvalue weighted by molar-refractivity contribution is 8.01. The Hall–Kier alpha value is -1.00. The van der Waals surface area contributed by atoms with Crippen LogP contribution in [-0.2, 0) is 0 Å². The fourth-order valence-corrected chi connectivity index (χ4v) is 2.14. The normalized spacial score (nSPS) is 18.9. The van der Waals surface area contributed by atoms with Crippen LogP contribution in [0.5, 0.6) is 0 Å². The molecule has 0 radical (unpaired) electrons. The zero-order valence-electron chi connectivity index (χ0n) is 8.72. The van der Waals surface area contributed by atoms with Crippen molar-refractivity contribution >= 4 is 36.5 Å². The largest absolute Gasteiger partial charge is 0.400 e. The molecule has 4 heteroatoms. The molecule has 0 fully saturated rings. The molecule has 0 unspecified atom stereocenters. The molecule has 0 aliphatic heterocycles. The number of allylic oxidation sites excluding steroid dienone is 3. The van der Waals surface area contributed by atoms with Gasteiger partial charge >= 0.3 is 0 Å². The predicted octanol–water partition coefficient (Wildman–Crippen LogP) is 2.45. The first-order valence-corrected chi connectivity index (χ1v) is 5.86. The van der Waals surface area contributed by atoms with E-state index in [2.05, 4.69) is 25.3 Å². The van der Waals surface area contributed by atoms with E-state index in [4.69, 9.17) is 11.5 Å². The summed E-state index contributed by atoms with van der Waals surface area (Å²) in [5, 5.41) is 0. The van der Waals surface area contributed by atoms with E-state index in [1.807, 2.05) is 36.4 Å². The highest BCUT2D eigenvalue weighted by Crippen LogP contribution is 2.39. The third-order valence-electron chi connectivity index (χ3n) is 2.64. The molecule has 0 aromatic heterocycles. The molecule has 1 aromatic rings. The van der Waals surface area contributed by atoms with Crippen molar-refractivity contribution in [2.45, 2.75) is 10.5 Å². The SMILES string of the molecule is NC1=CC=C(c2ccc(N)cc2)CC1(S)S. The summed E-state index contributed by atoms with van der Waals surface area (Å²) in [5.74, 6) is 0. The second-order valence-electron chi connectivity index (χ2n) is 3.93. The minimum absolute atomic E-state index is 0.564. The molecule has 0 amide bonds. The maximum Gasteiger partial charge on any atom is 0.0986 e. The molecule has 0 bridgehead atoms. The summed E-state index contributed by atoms with van der Waals surface area (Å²) in [5.41, 5.74) is 15.2. The van der Waals surface area contributed by atoms with E-state index in [0.717, 1.165) is 11.3 Å². The maximum atomic E-state index is 5.82. The number of benzene rings is 1. The molecule has 1 aliphatic carbocycles. The number of thiol groups is 2. The summed E-state index contributed by atoms with van der Waals surface area (Å²) in [4.78, 5) is 0. The Bertz CT molecular complexity index is 458. The lowest BCUT2D eigenvalue weighted by atomic mass is 9.95. The molecule has 0 saturated heterocycles. The Labute approximate surface area is 106 Å². The average Bonchev–Trinajstić information content (AvgIpc) is 2.23. The first-order valence-electron chi connectivity index (χ1n) is 4.96. The molecule has 0 saturated carbocycles. The van der Waals surface area contributed by atoms with E-state index in [-0.39, 0.29) is 0 Å². The Balaban J connectivity index is 2.34. The molecule has 1 aromatic carbocycles. The number of nitrogen functional groups attached to an aromatic ring is 1. The van der Waals surface area contributed by atoms with Gasteiger partial charge in [-0.3, -0.25) is 0 Å². The summed E-state index contributed by atoms with van der Waals surface area (Å²) in [7, 11) is 0. The van der Waals surface area contributed by atoms with Gasteiger partial charge in [0.2, 0.25) is 0 Å². The first kappa shape index (κ1) is 11.5. The van der Waals surface area contributed by atoms with E-state index in [1.54, 1.807) is 0 Å². The maximum absolute atomic E-state index is 5.82. The van der Waals surface area contributed by atoms with Gasteiger partial charge in [0.25, 0.3) is 0 Å². The molecular formula is C12H14N2S2. The third-order valence-corrected chi connectivity index (χ3v) is 3.48. The molecule has 1 aliphatic rings. The van der Waals surface area contributed by atoms with E-state index in [0.29, 0.717) is 12.1 Å². The van der Waals surface area contributed by atoms with Gasteiger partial charge in [0.05, 0.1) is 4.08 Å². The topological polar surface area (TPSA) is 52.0 Å². The van der Waals surface area contributed by atoms with Crippen molar-refractivity contribution in [3.05, 3.63) is 47.7 Å². The van der Waals surface area contributed by atoms with Crippen LogP contribution in [0.15, 0.2) is 42.1 Å². The minimum Gasteiger partial charge on any atom is -0.400 e. The minimum atomic E-state index is -0.564. The van der Waals surface area contributed by atoms with E-state index >= 15 is 0 Å². The van der Waals surface area contributed by atoms with Crippen LogP contribution >= 0.6 is 25.3 Å². The Kier molecular flexibility index (Phi) is 2.95. The molecule has 0 spiro atoms. The standard InChI is InChI=1S/C12H14N2S2/c13-10-4-1-8(2-5-10)9-3-6-11(14)12(15,16)7-9/h1-6,15-16H,7,13-14H2. The average molecular weight is 250 g/mol. The third kappa shape index (κ3) is 2.23. The zero-order valence-corrected chi connectivity index (χ0v) is 10.5. The van der Waals surface area contributed by atoms with Gasteiger partial charge in [-0.05, 0) is 29.3 Å². The number of anilines is 1. The molecule has 16 heavy (non-hydrogen) atoms. The fourth-order valence-electron chi connectivity index (χ4n) is 1.65. The lowest BCUT2D eigenvalue weighted by Gasteiger charge is -2.27. The lowest BCUT2D eigenvalue weighted by molar-refractivity contribution is 0.932. The van der Waals surface area contributed by atoms with Gasteiger partial charge in [-0.15, -0.1) is 0 Å². The van der Waals surface area contributed by atoms with Crippen molar-refractivity contribution in [2.24, 2.45) is 5.73 Å². The van der Waals surface area contributed by atoms with Gasteiger partial charge < -0.3 is 11.5 Å². The summed E-state index contributed by atoms with van der Waals surface area (Å²) < 4.78 is -0.564. The highest BCUT2D eigenvalue weighted by Gasteiger charge is 2.27. The lowest BCUT2D eigenvalue weighted by Crippen LogP contribution is -2.25. The predicted molar refractivity (Wildman–Crippen MR) is 76.4 cm³/mol. The van der Waals surface area contributed by atoms with Crippen molar-refractivity contribution in [1.29, 1.82) is 0 Å². The second kappa shape index (κ2) is 4.11. The van der Waals surface area contributed by atoms with Gasteiger partial charge in [-0.1, -0.05) is 18.2 Å².